The van der Waals surface area contributed by atoms with E-state index in [1.807, 2.05) is 13.8 Å². The largest absolute Gasteiger partial charge is 0.481 e. The Labute approximate surface area is 79.1 Å². The predicted molar refractivity (Wildman–Crippen MR) is 49.6 cm³/mol. The third kappa shape index (κ3) is 2.44. The minimum Gasteiger partial charge on any atom is -0.481 e. The molecule has 0 atom stereocenters. The lowest BCUT2D eigenvalue weighted by Gasteiger charge is -2.33. The standard InChI is InChI=1S/C10H18O3/c1-3-13-8-4-6-10(2,7-5-8)9(11)12/h8H,3-7H2,1-2H3,(H,11,12)/t8-,10-. The average Bonchev–Trinajstić information content (AvgIpc) is 2.09. The lowest BCUT2D eigenvalue weighted by molar-refractivity contribution is -0.151. The van der Waals surface area contributed by atoms with Crippen molar-refractivity contribution < 1.29 is 14.6 Å². The lowest BCUT2D eigenvalue weighted by atomic mass is 9.75. The molecule has 0 amide bonds. The van der Waals surface area contributed by atoms with E-state index in [4.69, 9.17) is 9.84 Å². The highest BCUT2D eigenvalue weighted by Gasteiger charge is 2.37. The zero-order valence-corrected chi connectivity index (χ0v) is 8.38. The maximum atomic E-state index is 10.9. The Morgan fingerprint density at radius 2 is 2.08 bits per heavy atom. The summed E-state index contributed by atoms with van der Waals surface area (Å²) in [4.78, 5) is 10.9. The van der Waals surface area contributed by atoms with Gasteiger partial charge in [-0.15, -0.1) is 0 Å². The summed E-state index contributed by atoms with van der Waals surface area (Å²) in [5.41, 5.74) is -0.506. The molecular formula is C10H18O3. The Balaban J connectivity index is 2.42. The fraction of sp³-hybridized carbons (Fsp3) is 0.900. The Kier molecular flexibility index (Phi) is 3.31. The van der Waals surface area contributed by atoms with Crippen molar-refractivity contribution in [1.29, 1.82) is 0 Å². The SMILES string of the molecule is CCO[C@H]1CC[C@](C)(C(=O)O)CC1. The summed E-state index contributed by atoms with van der Waals surface area (Å²) in [7, 11) is 0. The molecule has 0 spiro atoms. The molecule has 0 radical (unpaired) electrons. The molecular weight excluding hydrogens is 168 g/mol. The van der Waals surface area contributed by atoms with Crippen molar-refractivity contribution in [2.45, 2.75) is 45.6 Å². The van der Waals surface area contributed by atoms with Crippen LogP contribution in [0.5, 0.6) is 0 Å². The highest BCUT2D eigenvalue weighted by molar-refractivity contribution is 5.74. The summed E-state index contributed by atoms with van der Waals surface area (Å²) in [5, 5.41) is 8.97. The zero-order valence-electron chi connectivity index (χ0n) is 8.38. The molecule has 0 aliphatic heterocycles. The van der Waals surface area contributed by atoms with Gasteiger partial charge in [-0.3, -0.25) is 4.79 Å². The van der Waals surface area contributed by atoms with Crippen LogP contribution in [0.1, 0.15) is 39.5 Å². The zero-order chi connectivity index (χ0) is 9.90. The van der Waals surface area contributed by atoms with Gasteiger partial charge in [0, 0.05) is 6.61 Å². The molecule has 0 saturated heterocycles. The first kappa shape index (κ1) is 10.5. The maximum absolute atomic E-state index is 10.9. The number of carboxylic acid groups (broad SMARTS) is 1. The molecule has 0 heterocycles. The van der Waals surface area contributed by atoms with Gasteiger partial charge in [-0.2, -0.15) is 0 Å². The second-order valence-corrected chi connectivity index (χ2v) is 4.02. The van der Waals surface area contributed by atoms with Crippen molar-refractivity contribution in [3.05, 3.63) is 0 Å². The van der Waals surface area contributed by atoms with Gasteiger partial charge < -0.3 is 9.84 Å². The van der Waals surface area contributed by atoms with Gasteiger partial charge >= 0.3 is 5.97 Å². The first-order valence-electron chi connectivity index (χ1n) is 4.93. The van der Waals surface area contributed by atoms with Crippen molar-refractivity contribution in [1.82, 2.24) is 0 Å². The van der Waals surface area contributed by atoms with Gasteiger partial charge in [0.15, 0.2) is 0 Å². The highest BCUT2D eigenvalue weighted by atomic mass is 16.5. The normalized spacial score (nSPS) is 34.5. The van der Waals surface area contributed by atoms with Crippen LogP contribution in [0.15, 0.2) is 0 Å². The van der Waals surface area contributed by atoms with E-state index in [2.05, 4.69) is 0 Å². The Bertz CT molecular complexity index is 181. The summed E-state index contributed by atoms with van der Waals surface area (Å²) in [6, 6.07) is 0. The number of carbonyl (C=O) groups is 1. The Morgan fingerprint density at radius 1 is 1.54 bits per heavy atom. The van der Waals surface area contributed by atoms with Gasteiger partial charge in [-0.1, -0.05) is 0 Å². The van der Waals surface area contributed by atoms with Crippen LogP contribution < -0.4 is 0 Å². The lowest BCUT2D eigenvalue weighted by Crippen LogP contribution is -2.34. The van der Waals surface area contributed by atoms with E-state index in [1.54, 1.807) is 0 Å². The van der Waals surface area contributed by atoms with E-state index in [-0.39, 0.29) is 6.10 Å². The summed E-state index contributed by atoms with van der Waals surface area (Å²) in [5.74, 6) is -0.664. The third-order valence-electron chi connectivity index (χ3n) is 2.95. The molecule has 0 aromatic heterocycles. The molecule has 1 aliphatic carbocycles. The number of rotatable bonds is 3. The molecule has 13 heavy (non-hydrogen) atoms. The van der Waals surface area contributed by atoms with Gasteiger partial charge in [-0.05, 0) is 39.5 Å². The molecule has 76 valence electrons. The van der Waals surface area contributed by atoms with Crippen molar-refractivity contribution in [2.75, 3.05) is 6.61 Å². The number of hydrogen-bond acceptors (Lipinski definition) is 2. The van der Waals surface area contributed by atoms with Crippen LogP contribution in [0.3, 0.4) is 0 Å². The van der Waals surface area contributed by atoms with Crippen LogP contribution in [0.25, 0.3) is 0 Å². The molecule has 0 aromatic rings. The van der Waals surface area contributed by atoms with E-state index in [1.165, 1.54) is 0 Å². The second-order valence-electron chi connectivity index (χ2n) is 4.02. The molecule has 0 unspecified atom stereocenters. The summed E-state index contributed by atoms with van der Waals surface area (Å²) in [6.45, 7) is 4.54. The number of aliphatic carboxylic acids is 1. The summed E-state index contributed by atoms with van der Waals surface area (Å²) in [6.07, 6.45) is 3.55. The van der Waals surface area contributed by atoms with Crippen molar-refractivity contribution in [2.24, 2.45) is 5.41 Å². The Hall–Kier alpha value is -0.570. The monoisotopic (exact) mass is 186 g/mol. The topological polar surface area (TPSA) is 46.5 Å². The Morgan fingerprint density at radius 3 is 2.46 bits per heavy atom. The van der Waals surface area contributed by atoms with Crippen LogP contribution in [0, 0.1) is 5.41 Å². The van der Waals surface area contributed by atoms with Crippen molar-refractivity contribution in [3.63, 3.8) is 0 Å². The third-order valence-corrected chi connectivity index (χ3v) is 2.95. The highest BCUT2D eigenvalue weighted by Crippen LogP contribution is 2.36. The van der Waals surface area contributed by atoms with E-state index in [9.17, 15) is 4.79 Å². The van der Waals surface area contributed by atoms with E-state index < -0.39 is 11.4 Å². The minimum atomic E-state index is -0.664. The first-order chi connectivity index (χ1) is 6.08. The maximum Gasteiger partial charge on any atom is 0.309 e. The molecule has 0 bridgehead atoms. The summed E-state index contributed by atoms with van der Waals surface area (Å²) < 4.78 is 5.46. The van der Waals surface area contributed by atoms with E-state index in [0.29, 0.717) is 0 Å². The number of carboxylic acids is 1. The average molecular weight is 186 g/mol. The summed E-state index contributed by atoms with van der Waals surface area (Å²) >= 11 is 0. The van der Waals surface area contributed by atoms with Crippen LogP contribution in [0.2, 0.25) is 0 Å². The van der Waals surface area contributed by atoms with E-state index in [0.717, 1.165) is 32.3 Å². The second kappa shape index (κ2) is 4.09. The fourth-order valence-corrected chi connectivity index (χ4v) is 1.84. The minimum absolute atomic E-state index is 0.289. The molecule has 1 aliphatic rings. The predicted octanol–water partition coefficient (Wildman–Crippen LogP) is 2.06. The van der Waals surface area contributed by atoms with Crippen molar-refractivity contribution >= 4 is 5.97 Å². The molecule has 1 rings (SSSR count). The molecule has 3 nitrogen and oxygen atoms in total. The van der Waals surface area contributed by atoms with Crippen LogP contribution in [0.4, 0.5) is 0 Å². The first-order valence-corrected chi connectivity index (χ1v) is 4.93. The van der Waals surface area contributed by atoms with Gasteiger partial charge in [0.25, 0.3) is 0 Å². The fourth-order valence-electron chi connectivity index (χ4n) is 1.84. The van der Waals surface area contributed by atoms with Gasteiger partial charge in [0.1, 0.15) is 0 Å². The van der Waals surface area contributed by atoms with Crippen molar-refractivity contribution in [3.8, 4) is 0 Å². The molecule has 1 N–H and O–H groups in total. The molecule has 1 fully saturated rings. The van der Waals surface area contributed by atoms with Crippen LogP contribution in [-0.2, 0) is 9.53 Å². The smallest absolute Gasteiger partial charge is 0.309 e. The van der Waals surface area contributed by atoms with Gasteiger partial charge in [0.2, 0.25) is 0 Å². The quantitative estimate of drug-likeness (QED) is 0.733. The van der Waals surface area contributed by atoms with E-state index >= 15 is 0 Å². The van der Waals surface area contributed by atoms with Crippen LogP contribution in [-0.4, -0.2) is 23.8 Å². The molecule has 3 heteroatoms. The van der Waals surface area contributed by atoms with Crippen LogP contribution >= 0.6 is 0 Å². The van der Waals surface area contributed by atoms with Gasteiger partial charge in [0.05, 0.1) is 11.5 Å². The van der Waals surface area contributed by atoms with Gasteiger partial charge in [-0.25, -0.2) is 0 Å². The molecule has 0 aromatic carbocycles. The number of ether oxygens (including phenoxy) is 1. The molecule has 1 saturated carbocycles. The number of hydrogen-bond donors (Lipinski definition) is 1.